The van der Waals surface area contributed by atoms with Crippen LogP contribution in [-0.4, -0.2) is 37.0 Å². The molecular weight excluding hydrogens is 274 g/mol. The molecule has 20 heavy (non-hydrogen) atoms. The third-order valence-electron chi connectivity index (χ3n) is 2.94. The fraction of sp³-hybridized carbons (Fsp3) is 0.143. The Labute approximate surface area is 120 Å². The van der Waals surface area contributed by atoms with Crippen molar-refractivity contribution in [1.82, 2.24) is 0 Å². The summed E-state index contributed by atoms with van der Waals surface area (Å²) in [4.78, 5) is 24.8. The van der Waals surface area contributed by atoms with E-state index in [0.717, 1.165) is 10.5 Å². The van der Waals surface area contributed by atoms with Gasteiger partial charge in [-0.1, -0.05) is 0 Å². The number of aliphatic imine (C=N–C) groups is 3. The maximum Gasteiger partial charge on any atom is 0.271 e. The highest BCUT2D eigenvalue weighted by atomic mass is 32.2. The van der Waals surface area contributed by atoms with Crippen LogP contribution < -0.4 is 4.74 Å². The summed E-state index contributed by atoms with van der Waals surface area (Å²) in [5.41, 5.74) is 1.96. The monoisotopic (exact) mass is 285 g/mol. The standard InChI is InChI=1S/C14H11N3O2S/c1-19-12-5-8(20-2)3-4-9(12)14-16-10-6-13(18)15-7-11(10)17-14/h3-7H,1-2H3. The maximum atomic E-state index is 11.2. The highest BCUT2D eigenvalue weighted by molar-refractivity contribution is 7.98. The summed E-state index contributed by atoms with van der Waals surface area (Å²) in [6.45, 7) is 0. The zero-order valence-electron chi connectivity index (χ0n) is 11.0. The van der Waals surface area contributed by atoms with Gasteiger partial charge in [0.15, 0.2) is 5.84 Å². The van der Waals surface area contributed by atoms with Gasteiger partial charge in [-0.15, -0.1) is 11.8 Å². The number of amides is 1. The normalized spacial score (nSPS) is 16.5. The number of nitrogens with zero attached hydrogens (tertiary/aromatic N) is 3. The molecular formula is C14H11N3O2S. The Morgan fingerprint density at radius 3 is 2.85 bits per heavy atom. The number of allylic oxidation sites excluding steroid dienone is 1. The van der Waals surface area contributed by atoms with Crippen LogP contribution in [0.1, 0.15) is 5.56 Å². The zero-order valence-corrected chi connectivity index (χ0v) is 11.8. The average Bonchev–Trinajstić information content (AvgIpc) is 2.89. The van der Waals surface area contributed by atoms with Crippen LogP contribution in [0.4, 0.5) is 0 Å². The summed E-state index contributed by atoms with van der Waals surface area (Å²) in [6, 6.07) is 5.85. The summed E-state index contributed by atoms with van der Waals surface area (Å²) in [5, 5.41) is 0. The van der Waals surface area contributed by atoms with E-state index < -0.39 is 0 Å². The Balaban J connectivity index is 2.05. The molecule has 0 unspecified atom stereocenters. The molecule has 1 aromatic carbocycles. The van der Waals surface area contributed by atoms with Crippen LogP contribution in [0.25, 0.3) is 0 Å². The lowest BCUT2D eigenvalue weighted by Gasteiger charge is -2.08. The summed E-state index contributed by atoms with van der Waals surface area (Å²) in [7, 11) is 1.61. The van der Waals surface area contributed by atoms with Gasteiger partial charge in [0, 0.05) is 11.0 Å². The lowest BCUT2D eigenvalue weighted by molar-refractivity contribution is -0.113. The first-order valence-electron chi connectivity index (χ1n) is 5.91. The van der Waals surface area contributed by atoms with Gasteiger partial charge in [-0.2, -0.15) is 0 Å². The highest BCUT2D eigenvalue weighted by Crippen LogP contribution is 2.28. The molecule has 0 aliphatic carbocycles. The number of carbonyl (C=O) groups is 1. The second-order valence-electron chi connectivity index (χ2n) is 4.12. The minimum atomic E-state index is -0.311. The van der Waals surface area contributed by atoms with E-state index in [-0.39, 0.29) is 5.91 Å². The van der Waals surface area contributed by atoms with Crippen molar-refractivity contribution in [2.45, 2.75) is 4.90 Å². The van der Waals surface area contributed by atoms with Crippen molar-refractivity contribution in [2.75, 3.05) is 13.4 Å². The Bertz CT molecular complexity index is 717. The van der Waals surface area contributed by atoms with Crippen LogP contribution in [0.15, 0.2) is 49.8 Å². The summed E-state index contributed by atoms with van der Waals surface area (Å²) in [5.74, 6) is 0.938. The molecule has 0 aromatic heterocycles. The molecule has 0 atom stereocenters. The van der Waals surface area contributed by atoms with Gasteiger partial charge in [-0.05, 0) is 24.5 Å². The van der Waals surface area contributed by atoms with Gasteiger partial charge in [0.25, 0.3) is 5.91 Å². The van der Waals surface area contributed by atoms with Gasteiger partial charge in [-0.25, -0.2) is 15.0 Å². The predicted molar refractivity (Wildman–Crippen MR) is 80.3 cm³/mol. The molecule has 2 aliphatic rings. The fourth-order valence-corrected chi connectivity index (χ4v) is 2.38. The number of hydrogen-bond donors (Lipinski definition) is 0. The number of fused-ring (bicyclic) bond motifs is 1. The molecule has 0 saturated carbocycles. The van der Waals surface area contributed by atoms with Crippen molar-refractivity contribution in [3.8, 4) is 5.75 Å². The molecule has 0 spiro atoms. The minimum absolute atomic E-state index is 0.311. The number of ether oxygens (including phenoxy) is 1. The van der Waals surface area contributed by atoms with Crippen molar-refractivity contribution < 1.29 is 9.53 Å². The smallest absolute Gasteiger partial charge is 0.271 e. The first-order valence-corrected chi connectivity index (χ1v) is 7.13. The van der Waals surface area contributed by atoms with Gasteiger partial charge < -0.3 is 4.74 Å². The number of hydrogen-bond acceptors (Lipinski definition) is 5. The van der Waals surface area contributed by atoms with E-state index >= 15 is 0 Å². The third-order valence-corrected chi connectivity index (χ3v) is 3.66. The van der Waals surface area contributed by atoms with Crippen LogP contribution in [0.2, 0.25) is 0 Å². The molecule has 6 heteroatoms. The van der Waals surface area contributed by atoms with Crippen molar-refractivity contribution in [3.63, 3.8) is 0 Å². The molecule has 0 saturated heterocycles. The Kier molecular flexibility index (Phi) is 3.23. The van der Waals surface area contributed by atoms with Crippen molar-refractivity contribution in [1.29, 1.82) is 0 Å². The quantitative estimate of drug-likeness (QED) is 0.799. The first-order chi connectivity index (χ1) is 9.71. The van der Waals surface area contributed by atoms with Gasteiger partial charge in [-0.3, -0.25) is 4.79 Å². The second kappa shape index (κ2) is 5.05. The summed E-state index contributed by atoms with van der Waals surface area (Å²) >= 11 is 1.64. The third kappa shape index (κ3) is 2.18. The van der Waals surface area contributed by atoms with E-state index in [0.29, 0.717) is 23.0 Å². The Morgan fingerprint density at radius 1 is 1.25 bits per heavy atom. The molecule has 1 aromatic rings. The van der Waals surface area contributed by atoms with Crippen LogP contribution in [0.5, 0.6) is 5.75 Å². The molecule has 0 N–H and O–H groups in total. The molecule has 1 amide bonds. The van der Waals surface area contributed by atoms with Crippen LogP contribution in [0, 0.1) is 0 Å². The van der Waals surface area contributed by atoms with E-state index in [4.69, 9.17) is 4.74 Å². The lowest BCUT2D eigenvalue weighted by atomic mass is 10.2. The summed E-state index contributed by atoms with van der Waals surface area (Å²) < 4.78 is 5.39. The molecule has 0 fully saturated rings. The zero-order chi connectivity index (χ0) is 14.1. The molecule has 0 radical (unpaired) electrons. The van der Waals surface area contributed by atoms with E-state index in [1.54, 1.807) is 18.9 Å². The topological polar surface area (TPSA) is 63.4 Å². The number of benzene rings is 1. The van der Waals surface area contributed by atoms with Crippen molar-refractivity contribution >= 4 is 35.4 Å². The predicted octanol–water partition coefficient (Wildman–Crippen LogP) is 2.11. The van der Waals surface area contributed by atoms with E-state index in [9.17, 15) is 4.79 Å². The lowest BCUT2D eigenvalue weighted by Crippen LogP contribution is -2.08. The summed E-state index contributed by atoms with van der Waals surface area (Å²) in [6.07, 6.45) is 4.83. The number of dihydropyridines is 1. The van der Waals surface area contributed by atoms with E-state index in [2.05, 4.69) is 15.0 Å². The van der Waals surface area contributed by atoms with Gasteiger partial charge >= 0.3 is 0 Å². The number of carbonyl (C=O) groups excluding carboxylic acids is 1. The SMILES string of the molecule is COc1cc(SC)ccc1C1=NC2=CC(=O)N=CC2=N1. The van der Waals surface area contributed by atoms with Crippen molar-refractivity contribution in [3.05, 3.63) is 35.5 Å². The fourth-order valence-electron chi connectivity index (χ4n) is 1.95. The van der Waals surface area contributed by atoms with Crippen molar-refractivity contribution in [2.24, 2.45) is 15.0 Å². The van der Waals surface area contributed by atoms with Crippen LogP contribution in [-0.2, 0) is 4.79 Å². The Hall–Kier alpha value is -2.21. The van der Waals surface area contributed by atoms with Crippen LogP contribution >= 0.6 is 11.8 Å². The maximum absolute atomic E-state index is 11.2. The van der Waals surface area contributed by atoms with Gasteiger partial charge in [0.2, 0.25) is 0 Å². The number of thioether (sulfide) groups is 1. The first kappa shape index (κ1) is 12.8. The average molecular weight is 285 g/mol. The molecule has 3 rings (SSSR count). The molecule has 2 aliphatic heterocycles. The Morgan fingerprint density at radius 2 is 2.10 bits per heavy atom. The molecule has 0 bridgehead atoms. The van der Waals surface area contributed by atoms with Gasteiger partial charge in [0.1, 0.15) is 11.5 Å². The molecule has 2 heterocycles. The number of methoxy groups -OCH3 is 1. The highest BCUT2D eigenvalue weighted by Gasteiger charge is 2.22. The minimum Gasteiger partial charge on any atom is -0.496 e. The second-order valence-corrected chi connectivity index (χ2v) is 5.00. The van der Waals surface area contributed by atoms with Crippen LogP contribution in [0.3, 0.4) is 0 Å². The van der Waals surface area contributed by atoms with E-state index in [1.165, 1.54) is 12.3 Å². The molecule has 100 valence electrons. The number of rotatable bonds is 3. The molecule has 5 nitrogen and oxygen atoms in total. The largest absolute Gasteiger partial charge is 0.496 e. The van der Waals surface area contributed by atoms with Gasteiger partial charge in [0.05, 0.1) is 24.6 Å². The van der Waals surface area contributed by atoms with E-state index in [1.807, 2.05) is 24.5 Å². The number of amidine groups is 1.